The molecule has 48 valence electrons. The van der Waals surface area contributed by atoms with Gasteiger partial charge < -0.3 is 61.2 Å². The minimum Gasteiger partial charge on any atom is -0.415 e. The van der Waals surface area contributed by atoms with Crippen molar-refractivity contribution in [2.24, 2.45) is 11.5 Å². The van der Waals surface area contributed by atoms with Crippen LogP contribution in [0.15, 0.2) is 0 Å². The molecule has 0 aromatic heterocycles. The average Bonchev–Trinajstić information content (AvgIpc) is 1.25. The fourth-order valence-corrected chi connectivity index (χ4v) is 0. The van der Waals surface area contributed by atoms with Gasteiger partial charge in [0.05, 0.1) is 0 Å². The van der Waals surface area contributed by atoms with E-state index in [-0.39, 0.29) is 57.5 Å². The van der Waals surface area contributed by atoms with Gasteiger partial charge in [-0.3, -0.25) is 0 Å². The maximum Gasteiger partial charge on any atom is 2.00 e. The van der Waals surface area contributed by atoms with Gasteiger partial charge in [-0.2, -0.15) is 0 Å². The smallest absolute Gasteiger partial charge is 0.415 e. The molecule has 0 amide bonds. The minimum atomic E-state index is 0. The summed E-state index contributed by atoms with van der Waals surface area (Å²) in [4.78, 5) is 0. The third-order valence-electron chi connectivity index (χ3n) is 0. The molecule has 0 rings (SSSR count). The van der Waals surface area contributed by atoms with Crippen LogP contribution in [0, 0.1) is 0 Å². The van der Waals surface area contributed by atoms with Gasteiger partial charge in [-0.25, -0.2) is 0 Å². The van der Waals surface area contributed by atoms with Crippen LogP contribution >= 0.6 is 24.4 Å². The van der Waals surface area contributed by atoms with E-state index in [9.17, 15) is 0 Å². The molecule has 0 saturated carbocycles. The molecule has 0 saturated heterocycles. The summed E-state index contributed by atoms with van der Waals surface area (Å²) >= 11 is 16.5. The molecule has 2 nitrogen and oxygen atoms in total. The predicted molar refractivity (Wildman–Crippen MR) is 54.1 cm³/mol. The van der Waals surface area contributed by atoms with E-state index in [2.05, 4.69) is 61.2 Å². The number of hydrogen-bond donors (Lipinski definition) is 2. The SMILES string of the molecule is NC(=S)[S-].NC(=S)[S-].[Ba+2]. The Hall–Kier alpha value is 1.79. The average molecular weight is 322 g/mol. The molecule has 9 heavy (non-hydrogen) atoms. The van der Waals surface area contributed by atoms with Gasteiger partial charge in [0.25, 0.3) is 0 Å². The molecule has 0 bridgehead atoms. The van der Waals surface area contributed by atoms with Crippen LogP contribution in [0.5, 0.6) is 0 Å². The third kappa shape index (κ3) is 185. The maximum absolute atomic E-state index is 4.66. The number of hydrogen-bond acceptors (Lipinski definition) is 4. The van der Waals surface area contributed by atoms with E-state index >= 15 is 0 Å². The second-order valence-corrected chi connectivity index (χ2v) is 2.91. The monoisotopic (exact) mass is 322 g/mol. The van der Waals surface area contributed by atoms with E-state index in [0.29, 0.717) is 0 Å². The van der Waals surface area contributed by atoms with Gasteiger partial charge >= 0.3 is 48.9 Å². The summed E-state index contributed by atoms with van der Waals surface area (Å²) in [6.07, 6.45) is 0. The van der Waals surface area contributed by atoms with Crippen LogP contribution in [0.2, 0.25) is 0 Å². The van der Waals surface area contributed by atoms with Crippen molar-refractivity contribution < 1.29 is 0 Å². The van der Waals surface area contributed by atoms with Crippen molar-refractivity contribution in [3.63, 3.8) is 0 Å². The van der Waals surface area contributed by atoms with Crippen LogP contribution in [-0.2, 0) is 25.3 Å². The van der Waals surface area contributed by atoms with Gasteiger partial charge in [-0.15, -0.1) is 0 Å². The topological polar surface area (TPSA) is 52.0 Å². The molecule has 0 aromatic carbocycles. The molecule has 0 aliphatic rings. The largest absolute Gasteiger partial charge is 2.00 e. The molecular formula is C2H4BaN2S4. The normalized spacial score (nSPS) is 5.33. The third-order valence-corrected chi connectivity index (χ3v) is 0. The molecule has 0 atom stereocenters. The van der Waals surface area contributed by atoms with Crippen LogP contribution < -0.4 is 11.5 Å². The molecule has 7 heteroatoms. The standard InChI is InChI=1S/2CH3NS2.Ba/c2*2-1(3)4;/h2*(H3,2,3,4);/q;;+2/p-2. The summed E-state index contributed by atoms with van der Waals surface area (Å²) in [5.41, 5.74) is 9.31. The fourth-order valence-electron chi connectivity index (χ4n) is 0. The van der Waals surface area contributed by atoms with Crippen LogP contribution in [-0.4, -0.2) is 57.5 Å². The predicted octanol–water partition coefficient (Wildman–Crippen LogP) is -0.827. The summed E-state index contributed by atoms with van der Waals surface area (Å²) < 4.78 is 0.167. The van der Waals surface area contributed by atoms with Crippen molar-refractivity contribution in [2.45, 2.75) is 0 Å². The molecule has 0 fully saturated rings. The van der Waals surface area contributed by atoms with E-state index in [0.717, 1.165) is 0 Å². The summed E-state index contributed by atoms with van der Waals surface area (Å²) in [6.45, 7) is 0. The number of rotatable bonds is 0. The Morgan fingerprint density at radius 1 is 1.00 bits per heavy atom. The van der Waals surface area contributed by atoms with E-state index in [1.807, 2.05) is 0 Å². The Labute approximate surface area is 116 Å². The van der Waals surface area contributed by atoms with Gasteiger partial charge in [0, 0.05) is 0 Å². The number of nitrogens with two attached hydrogens (primary N) is 2. The Morgan fingerprint density at radius 3 is 1.00 bits per heavy atom. The van der Waals surface area contributed by atoms with Crippen molar-refractivity contribution >= 4 is 107 Å². The van der Waals surface area contributed by atoms with Crippen LogP contribution in [0.25, 0.3) is 0 Å². The number of thiocarbonyl (C=S) groups is 2. The molecule has 0 heterocycles. The Morgan fingerprint density at radius 2 is 1.00 bits per heavy atom. The van der Waals surface area contributed by atoms with Crippen molar-refractivity contribution in [3.8, 4) is 0 Å². The zero-order chi connectivity index (χ0) is 7.15. The molecule has 0 unspecified atom stereocenters. The summed E-state index contributed by atoms with van der Waals surface area (Å²) in [6, 6.07) is 0. The quantitative estimate of drug-likeness (QED) is 0.345. The summed E-state index contributed by atoms with van der Waals surface area (Å²) in [5.74, 6) is 0. The fraction of sp³-hybridized carbons (Fsp3) is 0. The van der Waals surface area contributed by atoms with Gasteiger partial charge in [0.1, 0.15) is 0 Å². The molecule has 0 spiro atoms. The van der Waals surface area contributed by atoms with Crippen LogP contribution in [0.3, 0.4) is 0 Å². The molecule has 0 radical (unpaired) electrons. The molecule has 0 aliphatic carbocycles. The van der Waals surface area contributed by atoms with Crippen molar-refractivity contribution in [3.05, 3.63) is 0 Å². The first-order valence-electron chi connectivity index (χ1n) is 1.39. The zero-order valence-electron chi connectivity index (χ0n) is 4.49. The Balaban J connectivity index is -0.0000000720. The first kappa shape index (κ1) is 17.0. The second kappa shape index (κ2) is 12.5. The second-order valence-electron chi connectivity index (χ2n) is 0.638. The summed E-state index contributed by atoms with van der Waals surface area (Å²) in [7, 11) is 0. The maximum atomic E-state index is 4.66. The van der Waals surface area contributed by atoms with Crippen molar-refractivity contribution in [1.29, 1.82) is 0 Å². The molecular weight excluding hydrogens is 318 g/mol. The minimum absolute atomic E-state index is 0. The van der Waals surface area contributed by atoms with E-state index < -0.39 is 0 Å². The first-order valence-corrected chi connectivity index (χ1v) is 3.03. The van der Waals surface area contributed by atoms with Gasteiger partial charge in [0.15, 0.2) is 0 Å². The van der Waals surface area contributed by atoms with E-state index in [4.69, 9.17) is 0 Å². The van der Waals surface area contributed by atoms with Crippen LogP contribution in [0.4, 0.5) is 0 Å². The zero-order valence-corrected chi connectivity index (χ0v) is 12.2. The van der Waals surface area contributed by atoms with Crippen LogP contribution in [0.1, 0.15) is 0 Å². The molecule has 0 aliphatic heterocycles. The first-order chi connectivity index (χ1) is 3.46. The van der Waals surface area contributed by atoms with Gasteiger partial charge in [0.2, 0.25) is 0 Å². The summed E-state index contributed by atoms with van der Waals surface area (Å²) in [5, 5.41) is 0. The molecule has 0 aromatic rings. The Kier molecular flexibility index (Phi) is 23.6. The Bertz CT molecular complexity index is 74.6. The van der Waals surface area contributed by atoms with Crippen molar-refractivity contribution in [2.75, 3.05) is 0 Å². The van der Waals surface area contributed by atoms with Crippen molar-refractivity contribution in [1.82, 2.24) is 0 Å². The van der Waals surface area contributed by atoms with E-state index in [1.54, 1.807) is 0 Å². The van der Waals surface area contributed by atoms with E-state index in [1.165, 1.54) is 0 Å². The molecule has 4 N–H and O–H groups in total. The van der Waals surface area contributed by atoms with Gasteiger partial charge in [-0.1, -0.05) is 8.64 Å². The van der Waals surface area contributed by atoms with Gasteiger partial charge in [-0.05, 0) is 0 Å².